The van der Waals surface area contributed by atoms with Crippen LogP contribution in [0.15, 0.2) is 18.5 Å². The largest absolute Gasteiger partial charge is 0.338 e. The molecule has 2 aromatic heterocycles. The predicted molar refractivity (Wildman–Crippen MR) is 78.3 cm³/mol. The molecule has 3 aromatic rings. The van der Waals surface area contributed by atoms with Crippen molar-refractivity contribution in [2.24, 2.45) is 0 Å². The van der Waals surface area contributed by atoms with Crippen LogP contribution in [0.3, 0.4) is 0 Å². The van der Waals surface area contributed by atoms with E-state index in [0.29, 0.717) is 22.0 Å². The lowest BCUT2D eigenvalue weighted by molar-refractivity contribution is 0.574. The molecule has 1 fully saturated rings. The molecule has 3 heterocycles. The van der Waals surface area contributed by atoms with Gasteiger partial charge in [-0.1, -0.05) is 11.6 Å². The van der Waals surface area contributed by atoms with Crippen LogP contribution in [0.5, 0.6) is 0 Å². The van der Waals surface area contributed by atoms with Crippen molar-refractivity contribution in [2.45, 2.75) is 0 Å². The molecule has 0 saturated carbocycles. The number of fused-ring (bicyclic) bond motifs is 3. The van der Waals surface area contributed by atoms with E-state index in [-0.39, 0.29) is 5.52 Å². The van der Waals surface area contributed by atoms with E-state index in [1.165, 1.54) is 12.4 Å². The smallest absolute Gasteiger partial charge is 0.229 e. The molecule has 0 aliphatic carbocycles. The number of halogens is 2. The van der Waals surface area contributed by atoms with Gasteiger partial charge in [-0.05, 0) is 12.1 Å². The van der Waals surface area contributed by atoms with Crippen LogP contribution in [0.4, 0.5) is 10.3 Å². The normalized spacial score (nSPS) is 16.0. The fraction of sp³-hybridized carbons (Fsp3) is 0.308. The van der Waals surface area contributed by atoms with Gasteiger partial charge in [0.25, 0.3) is 0 Å². The second-order valence-corrected chi connectivity index (χ2v) is 5.36. The van der Waals surface area contributed by atoms with Crippen LogP contribution in [0.2, 0.25) is 5.02 Å². The highest BCUT2D eigenvalue weighted by Crippen LogP contribution is 2.27. The number of hydrogen-bond acceptors (Lipinski definition) is 5. The maximum atomic E-state index is 14.2. The minimum atomic E-state index is -0.445. The summed E-state index contributed by atoms with van der Waals surface area (Å²) >= 11 is 5.94. The number of hydrogen-bond donors (Lipinski definition) is 1. The van der Waals surface area contributed by atoms with E-state index in [0.717, 1.165) is 26.2 Å². The zero-order chi connectivity index (χ0) is 14.4. The molecule has 1 aliphatic rings. The van der Waals surface area contributed by atoms with Crippen molar-refractivity contribution in [3.63, 3.8) is 0 Å². The Kier molecular flexibility index (Phi) is 2.90. The lowest BCUT2D eigenvalue weighted by atomic mass is 10.2. The average Bonchev–Trinajstić information content (AvgIpc) is 2.97. The Morgan fingerprint density at radius 1 is 1.24 bits per heavy atom. The van der Waals surface area contributed by atoms with Gasteiger partial charge in [0.2, 0.25) is 5.95 Å². The number of aromatic nitrogens is 4. The molecule has 0 bridgehead atoms. The van der Waals surface area contributed by atoms with E-state index in [1.54, 1.807) is 10.6 Å². The van der Waals surface area contributed by atoms with Crippen molar-refractivity contribution in [1.29, 1.82) is 0 Å². The Bertz CT molecular complexity index is 826. The summed E-state index contributed by atoms with van der Waals surface area (Å²) in [5.41, 5.74) is 0.836. The highest BCUT2D eigenvalue weighted by molar-refractivity contribution is 6.31. The van der Waals surface area contributed by atoms with Crippen molar-refractivity contribution >= 4 is 34.1 Å². The summed E-state index contributed by atoms with van der Waals surface area (Å²) in [6, 6.07) is 2.93. The molecule has 6 nitrogen and oxygen atoms in total. The Hall–Kier alpha value is -1.99. The SMILES string of the molecule is Fc1cc(Cl)cc2c1nc(N1CCNCC1)n1ncnc21. The highest BCUT2D eigenvalue weighted by atomic mass is 35.5. The first kappa shape index (κ1) is 12.7. The molecule has 1 saturated heterocycles. The Morgan fingerprint density at radius 3 is 2.86 bits per heavy atom. The van der Waals surface area contributed by atoms with Gasteiger partial charge in [0.15, 0.2) is 11.5 Å². The third kappa shape index (κ3) is 2.00. The molecule has 0 radical (unpaired) electrons. The average molecular weight is 307 g/mol. The lowest BCUT2D eigenvalue weighted by Crippen LogP contribution is -2.44. The summed E-state index contributed by atoms with van der Waals surface area (Å²) in [5.74, 6) is 0.164. The van der Waals surface area contributed by atoms with Gasteiger partial charge in [0.05, 0.1) is 0 Å². The summed E-state index contributed by atoms with van der Waals surface area (Å²) in [6.45, 7) is 3.31. The Balaban J connectivity index is 2.03. The molecular formula is C13H12ClFN6. The molecule has 0 amide bonds. The van der Waals surface area contributed by atoms with Gasteiger partial charge >= 0.3 is 0 Å². The second kappa shape index (κ2) is 4.78. The van der Waals surface area contributed by atoms with Crippen LogP contribution in [0.1, 0.15) is 0 Å². The lowest BCUT2D eigenvalue weighted by Gasteiger charge is -2.28. The summed E-state index contributed by atoms with van der Waals surface area (Å²) in [4.78, 5) is 10.8. The fourth-order valence-electron chi connectivity index (χ4n) is 2.64. The van der Waals surface area contributed by atoms with Crippen LogP contribution in [0.25, 0.3) is 16.6 Å². The van der Waals surface area contributed by atoms with Crippen molar-refractivity contribution in [3.8, 4) is 0 Å². The number of nitrogens with zero attached hydrogens (tertiary/aromatic N) is 5. The zero-order valence-electron chi connectivity index (χ0n) is 11.1. The van der Waals surface area contributed by atoms with Gasteiger partial charge in [0.1, 0.15) is 11.8 Å². The number of anilines is 1. The maximum absolute atomic E-state index is 14.2. The van der Waals surface area contributed by atoms with E-state index >= 15 is 0 Å². The Morgan fingerprint density at radius 2 is 2.05 bits per heavy atom. The van der Waals surface area contributed by atoms with Gasteiger partial charge < -0.3 is 10.2 Å². The van der Waals surface area contributed by atoms with Gasteiger partial charge in [0, 0.05) is 36.6 Å². The molecule has 108 valence electrons. The summed E-state index contributed by atoms with van der Waals surface area (Å²) in [5, 5.41) is 8.38. The first-order valence-electron chi connectivity index (χ1n) is 6.68. The van der Waals surface area contributed by atoms with E-state index < -0.39 is 5.82 Å². The van der Waals surface area contributed by atoms with Crippen LogP contribution in [-0.4, -0.2) is 45.8 Å². The van der Waals surface area contributed by atoms with Crippen LogP contribution < -0.4 is 10.2 Å². The first-order valence-corrected chi connectivity index (χ1v) is 7.06. The van der Waals surface area contributed by atoms with E-state index in [1.807, 2.05) is 0 Å². The fourth-order valence-corrected chi connectivity index (χ4v) is 2.84. The van der Waals surface area contributed by atoms with Gasteiger partial charge in [-0.3, -0.25) is 0 Å². The van der Waals surface area contributed by atoms with Crippen molar-refractivity contribution in [1.82, 2.24) is 24.9 Å². The third-order valence-corrected chi connectivity index (χ3v) is 3.84. The molecule has 1 N–H and O–H groups in total. The molecule has 4 rings (SSSR count). The number of piperazine rings is 1. The standard InChI is InChI=1S/C13H12ClFN6/c14-8-5-9-11(10(15)6-8)19-13(20-3-1-16-2-4-20)21-12(9)17-7-18-21/h5-7,16H,1-4H2. The van der Waals surface area contributed by atoms with Gasteiger partial charge in [-0.2, -0.15) is 9.61 Å². The molecule has 1 aliphatic heterocycles. The number of nitrogens with one attached hydrogen (secondary N) is 1. The summed E-state index contributed by atoms with van der Waals surface area (Å²) in [7, 11) is 0. The Labute approximate surface area is 124 Å². The first-order chi connectivity index (χ1) is 10.2. The van der Waals surface area contributed by atoms with E-state index in [4.69, 9.17) is 11.6 Å². The maximum Gasteiger partial charge on any atom is 0.229 e. The molecular weight excluding hydrogens is 295 g/mol. The minimum absolute atomic E-state index is 0.272. The van der Waals surface area contributed by atoms with Crippen LogP contribution >= 0.6 is 11.6 Å². The molecule has 0 unspecified atom stereocenters. The molecule has 8 heteroatoms. The van der Waals surface area contributed by atoms with Crippen molar-refractivity contribution in [3.05, 3.63) is 29.3 Å². The topological polar surface area (TPSA) is 58.4 Å². The predicted octanol–water partition coefficient (Wildman–Crippen LogP) is 1.48. The summed E-state index contributed by atoms with van der Waals surface area (Å²) in [6.07, 6.45) is 1.45. The summed E-state index contributed by atoms with van der Waals surface area (Å²) < 4.78 is 15.8. The monoisotopic (exact) mass is 306 g/mol. The second-order valence-electron chi connectivity index (χ2n) is 4.93. The van der Waals surface area contributed by atoms with Crippen molar-refractivity contribution in [2.75, 3.05) is 31.1 Å². The zero-order valence-corrected chi connectivity index (χ0v) is 11.8. The molecule has 1 aromatic carbocycles. The molecule has 0 atom stereocenters. The number of benzene rings is 1. The molecule has 21 heavy (non-hydrogen) atoms. The van der Waals surface area contributed by atoms with Crippen LogP contribution in [0, 0.1) is 5.82 Å². The number of rotatable bonds is 1. The quantitative estimate of drug-likeness (QED) is 0.738. The van der Waals surface area contributed by atoms with Crippen molar-refractivity contribution < 1.29 is 4.39 Å². The van der Waals surface area contributed by atoms with Gasteiger partial charge in [-0.25, -0.2) is 14.4 Å². The minimum Gasteiger partial charge on any atom is -0.338 e. The molecule has 0 spiro atoms. The van der Waals surface area contributed by atoms with E-state index in [9.17, 15) is 4.39 Å². The highest BCUT2D eigenvalue weighted by Gasteiger charge is 2.20. The van der Waals surface area contributed by atoms with E-state index in [2.05, 4.69) is 25.3 Å². The third-order valence-electron chi connectivity index (χ3n) is 3.62. The van der Waals surface area contributed by atoms with Crippen LogP contribution in [-0.2, 0) is 0 Å². The van der Waals surface area contributed by atoms with Gasteiger partial charge in [-0.15, -0.1) is 0 Å².